The maximum Gasteiger partial charge on any atom is 0.269 e. The maximum absolute atomic E-state index is 10.4. The number of aryl methyl sites for hydroxylation is 1. The molecule has 0 radical (unpaired) electrons. The summed E-state index contributed by atoms with van der Waals surface area (Å²) >= 11 is 0. The van der Waals surface area contributed by atoms with Gasteiger partial charge in [-0.2, -0.15) is 0 Å². The first-order valence-corrected chi connectivity index (χ1v) is 4.67. The molecule has 0 unspecified atom stereocenters. The second-order valence-electron chi connectivity index (χ2n) is 3.17. The molecule has 0 aliphatic rings. The molecule has 1 rings (SSSR count). The molecule has 0 spiro atoms. The summed E-state index contributed by atoms with van der Waals surface area (Å²) in [5, 5.41) is 10.4. The van der Waals surface area contributed by atoms with E-state index in [1.165, 1.54) is 12.1 Å². The molecular formula is C10H15ClN2O2. The summed E-state index contributed by atoms with van der Waals surface area (Å²) in [6, 6.07) is 6.68. The monoisotopic (exact) mass is 230 g/mol. The Morgan fingerprint density at radius 2 is 1.80 bits per heavy atom. The number of nitro benzene ring substituents is 1. The highest BCUT2D eigenvalue weighted by Crippen LogP contribution is 2.13. The van der Waals surface area contributed by atoms with E-state index in [1.54, 1.807) is 12.1 Å². The molecule has 1 aromatic carbocycles. The van der Waals surface area contributed by atoms with Crippen LogP contribution < -0.4 is 5.73 Å². The molecule has 1 aromatic rings. The zero-order valence-corrected chi connectivity index (χ0v) is 9.20. The Labute approximate surface area is 95.0 Å². The number of nitrogens with two attached hydrogens (primary N) is 1. The summed E-state index contributed by atoms with van der Waals surface area (Å²) in [6.07, 6.45) is 2.97. The Morgan fingerprint density at radius 1 is 1.20 bits per heavy atom. The number of benzene rings is 1. The molecule has 84 valence electrons. The first-order chi connectivity index (χ1) is 6.74. The number of rotatable bonds is 5. The number of non-ortho nitro benzene ring substituents is 1. The van der Waals surface area contributed by atoms with Crippen LogP contribution in [-0.2, 0) is 6.42 Å². The standard InChI is InChI=1S/C10H14N2O2.ClH/c11-8-2-1-3-9-4-6-10(7-5-9)12(13)14;/h4-7H,1-3,8,11H2;1H. The smallest absolute Gasteiger partial charge is 0.269 e. The van der Waals surface area contributed by atoms with E-state index in [0.717, 1.165) is 24.8 Å². The fourth-order valence-corrected chi connectivity index (χ4v) is 1.26. The van der Waals surface area contributed by atoms with E-state index in [1.807, 2.05) is 0 Å². The Balaban J connectivity index is 0.00000196. The second kappa shape index (κ2) is 7.20. The lowest BCUT2D eigenvalue weighted by molar-refractivity contribution is -0.384. The van der Waals surface area contributed by atoms with E-state index in [2.05, 4.69) is 0 Å². The molecule has 15 heavy (non-hydrogen) atoms. The van der Waals surface area contributed by atoms with Crippen LogP contribution in [-0.4, -0.2) is 11.5 Å². The maximum atomic E-state index is 10.4. The number of hydrogen-bond donors (Lipinski definition) is 1. The normalized spacial score (nSPS) is 9.40. The van der Waals surface area contributed by atoms with Gasteiger partial charge in [0, 0.05) is 12.1 Å². The number of nitrogens with zero attached hydrogens (tertiary/aromatic N) is 1. The van der Waals surface area contributed by atoms with Crippen LogP contribution in [0.4, 0.5) is 5.69 Å². The van der Waals surface area contributed by atoms with Crippen LogP contribution in [0.1, 0.15) is 18.4 Å². The Kier molecular flexibility index (Phi) is 6.66. The van der Waals surface area contributed by atoms with Crippen molar-refractivity contribution >= 4 is 18.1 Å². The largest absolute Gasteiger partial charge is 0.330 e. The van der Waals surface area contributed by atoms with E-state index in [-0.39, 0.29) is 23.0 Å². The van der Waals surface area contributed by atoms with Crippen LogP contribution in [0.3, 0.4) is 0 Å². The minimum Gasteiger partial charge on any atom is -0.330 e. The summed E-state index contributed by atoms with van der Waals surface area (Å²) < 4.78 is 0. The molecule has 0 aliphatic heterocycles. The van der Waals surface area contributed by atoms with Crippen molar-refractivity contribution in [1.29, 1.82) is 0 Å². The van der Waals surface area contributed by atoms with E-state index >= 15 is 0 Å². The van der Waals surface area contributed by atoms with Crippen molar-refractivity contribution in [1.82, 2.24) is 0 Å². The highest BCUT2D eigenvalue weighted by Gasteiger charge is 2.03. The topological polar surface area (TPSA) is 69.2 Å². The van der Waals surface area contributed by atoms with Crippen molar-refractivity contribution in [3.8, 4) is 0 Å². The van der Waals surface area contributed by atoms with E-state index in [9.17, 15) is 10.1 Å². The predicted octanol–water partition coefficient (Wildman–Crippen LogP) is 2.30. The Morgan fingerprint density at radius 3 is 2.27 bits per heavy atom. The van der Waals surface area contributed by atoms with Crippen LogP contribution >= 0.6 is 12.4 Å². The van der Waals surface area contributed by atoms with Crippen molar-refractivity contribution in [2.45, 2.75) is 19.3 Å². The van der Waals surface area contributed by atoms with Gasteiger partial charge in [0.05, 0.1) is 4.92 Å². The van der Waals surface area contributed by atoms with Gasteiger partial charge in [0.15, 0.2) is 0 Å². The number of nitro groups is 1. The average Bonchev–Trinajstić information content (AvgIpc) is 2.19. The van der Waals surface area contributed by atoms with E-state index in [0.29, 0.717) is 6.54 Å². The first kappa shape index (κ1) is 13.9. The molecule has 0 aromatic heterocycles. The SMILES string of the molecule is Cl.NCCCCc1ccc([N+](=O)[O-])cc1. The lowest BCUT2D eigenvalue weighted by atomic mass is 10.1. The van der Waals surface area contributed by atoms with Crippen LogP contribution in [0.5, 0.6) is 0 Å². The number of halogens is 1. The third-order valence-corrected chi connectivity index (χ3v) is 2.07. The lowest BCUT2D eigenvalue weighted by Crippen LogP contribution is -1.99. The third kappa shape index (κ3) is 4.76. The molecule has 0 fully saturated rings. The zero-order chi connectivity index (χ0) is 10.4. The third-order valence-electron chi connectivity index (χ3n) is 2.07. The lowest BCUT2D eigenvalue weighted by Gasteiger charge is -1.99. The van der Waals surface area contributed by atoms with Crippen molar-refractivity contribution in [2.24, 2.45) is 5.73 Å². The molecule has 0 aliphatic carbocycles. The number of hydrogen-bond acceptors (Lipinski definition) is 3. The minimum absolute atomic E-state index is 0. The molecule has 0 amide bonds. The summed E-state index contributed by atoms with van der Waals surface area (Å²) in [5.74, 6) is 0. The van der Waals surface area contributed by atoms with Gasteiger partial charge >= 0.3 is 0 Å². The Bertz CT molecular complexity index is 301. The molecule has 0 saturated heterocycles. The summed E-state index contributed by atoms with van der Waals surface area (Å²) in [6.45, 7) is 0.701. The van der Waals surface area contributed by atoms with Crippen LogP contribution in [0.15, 0.2) is 24.3 Å². The van der Waals surface area contributed by atoms with Gasteiger partial charge < -0.3 is 5.73 Å². The van der Waals surface area contributed by atoms with Gasteiger partial charge in [-0.25, -0.2) is 0 Å². The molecule has 2 N–H and O–H groups in total. The summed E-state index contributed by atoms with van der Waals surface area (Å²) in [7, 11) is 0. The molecule has 4 nitrogen and oxygen atoms in total. The molecule has 0 atom stereocenters. The highest BCUT2D eigenvalue weighted by atomic mass is 35.5. The van der Waals surface area contributed by atoms with Crippen molar-refractivity contribution in [2.75, 3.05) is 6.54 Å². The zero-order valence-electron chi connectivity index (χ0n) is 8.39. The number of unbranched alkanes of at least 4 members (excludes halogenated alkanes) is 1. The van der Waals surface area contributed by atoms with Gasteiger partial charge in [-0.1, -0.05) is 12.1 Å². The fourth-order valence-electron chi connectivity index (χ4n) is 1.26. The van der Waals surface area contributed by atoms with E-state index in [4.69, 9.17) is 5.73 Å². The van der Waals surface area contributed by atoms with Crippen molar-refractivity contribution in [3.05, 3.63) is 39.9 Å². The first-order valence-electron chi connectivity index (χ1n) is 4.67. The fraction of sp³-hybridized carbons (Fsp3) is 0.400. The average molecular weight is 231 g/mol. The highest BCUT2D eigenvalue weighted by molar-refractivity contribution is 5.85. The van der Waals surface area contributed by atoms with Crippen LogP contribution in [0.25, 0.3) is 0 Å². The van der Waals surface area contributed by atoms with Gasteiger partial charge in [0.25, 0.3) is 5.69 Å². The van der Waals surface area contributed by atoms with Gasteiger partial charge in [0.2, 0.25) is 0 Å². The second-order valence-corrected chi connectivity index (χ2v) is 3.17. The summed E-state index contributed by atoms with van der Waals surface area (Å²) in [5.41, 5.74) is 6.64. The van der Waals surface area contributed by atoms with E-state index < -0.39 is 0 Å². The predicted molar refractivity (Wildman–Crippen MR) is 62.3 cm³/mol. The van der Waals surface area contributed by atoms with Crippen LogP contribution in [0.2, 0.25) is 0 Å². The van der Waals surface area contributed by atoms with Crippen molar-refractivity contribution in [3.63, 3.8) is 0 Å². The molecular weight excluding hydrogens is 216 g/mol. The Hall–Kier alpha value is -1.13. The molecule has 5 heteroatoms. The van der Waals surface area contributed by atoms with Gasteiger partial charge in [-0.15, -0.1) is 12.4 Å². The van der Waals surface area contributed by atoms with Crippen molar-refractivity contribution < 1.29 is 4.92 Å². The van der Waals surface area contributed by atoms with Gasteiger partial charge in [-0.05, 0) is 31.4 Å². The van der Waals surface area contributed by atoms with Gasteiger partial charge in [-0.3, -0.25) is 10.1 Å². The van der Waals surface area contributed by atoms with Crippen LogP contribution in [0, 0.1) is 10.1 Å². The van der Waals surface area contributed by atoms with Gasteiger partial charge in [0.1, 0.15) is 0 Å². The quantitative estimate of drug-likeness (QED) is 0.479. The minimum atomic E-state index is -0.385. The molecule has 0 heterocycles. The molecule has 0 saturated carbocycles. The summed E-state index contributed by atoms with van der Waals surface area (Å²) in [4.78, 5) is 9.98. The molecule has 0 bridgehead atoms.